The minimum absolute atomic E-state index is 0.0630. The van der Waals surface area contributed by atoms with E-state index in [1.807, 2.05) is 0 Å². The van der Waals surface area contributed by atoms with Gasteiger partial charge in [0.25, 0.3) is 0 Å². The predicted octanol–water partition coefficient (Wildman–Crippen LogP) is 1.35. The number of aromatic nitrogens is 1. The topological polar surface area (TPSA) is 97.2 Å². The van der Waals surface area contributed by atoms with Gasteiger partial charge in [-0.05, 0) is 25.0 Å². The van der Waals surface area contributed by atoms with Gasteiger partial charge >= 0.3 is 0 Å². The van der Waals surface area contributed by atoms with E-state index in [4.69, 9.17) is 11.5 Å². The second-order valence-electron chi connectivity index (χ2n) is 4.63. The van der Waals surface area contributed by atoms with Gasteiger partial charge in [0.05, 0.1) is 17.8 Å². The molecule has 94 valence electrons. The molecule has 6 N–H and O–H groups in total. The standard InChI is InChI=1S/C12H20N4O/c13-8-6-7-11(16-12(8)14)15-9-4-2-1-3-5-10(9)17/h6-7,9-10,17H,1-5,13H2,(H3,14,15,16). The average Bonchev–Trinajstić information content (AvgIpc) is 2.50. The van der Waals surface area contributed by atoms with E-state index in [9.17, 15) is 5.11 Å². The molecule has 2 rings (SSSR count). The normalized spacial score (nSPS) is 25.2. The van der Waals surface area contributed by atoms with E-state index >= 15 is 0 Å². The van der Waals surface area contributed by atoms with Crippen molar-refractivity contribution >= 4 is 17.3 Å². The molecule has 0 radical (unpaired) electrons. The molecule has 17 heavy (non-hydrogen) atoms. The highest BCUT2D eigenvalue weighted by Crippen LogP contribution is 2.22. The van der Waals surface area contributed by atoms with Crippen molar-refractivity contribution < 1.29 is 5.11 Å². The molecule has 1 aromatic rings. The second-order valence-corrected chi connectivity index (χ2v) is 4.63. The van der Waals surface area contributed by atoms with Gasteiger partial charge in [-0.25, -0.2) is 4.98 Å². The Morgan fingerprint density at radius 2 is 1.94 bits per heavy atom. The van der Waals surface area contributed by atoms with Gasteiger partial charge in [-0.3, -0.25) is 0 Å². The first-order valence-corrected chi connectivity index (χ1v) is 6.13. The van der Waals surface area contributed by atoms with E-state index < -0.39 is 0 Å². The zero-order chi connectivity index (χ0) is 12.3. The third kappa shape index (κ3) is 3.00. The van der Waals surface area contributed by atoms with Crippen LogP contribution in [-0.4, -0.2) is 22.2 Å². The van der Waals surface area contributed by atoms with Crippen molar-refractivity contribution in [1.29, 1.82) is 0 Å². The van der Waals surface area contributed by atoms with E-state index in [-0.39, 0.29) is 12.1 Å². The Morgan fingerprint density at radius 1 is 1.18 bits per heavy atom. The summed E-state index contributed by atoms with van der Waals surface area (Å²) < 4.78 is 0. The highest BCUT2D eigenvalue weighted by molar-refractivity contribution is 5.61. The van der Waals surface area contributed by atoms with E-state index in [1.54, 1.807) is 12.1 Å². The molecule has 0 spiro atoms. The van der Waals surface area contributed by atoms with Crippen LogP contribution in [0.25, 0.3) is 0 Å². The molecule has 2 atom stereocenters. The average molecular weight is 236 g/mol. The van der Waals surface area contributed by atoms with Gasteiger partial charge in [0.15, 0.2) is 0 Å². The van der Waals surface area contributed by atoms with E-state index in [0.29, 0.717) is 17.3 Å². The lowest BCUT2D eigenvalue weighted by molar-refractivity contribution is 0.144. The lowest BCUT2D eigenvalue weighted by atomic mass is 10.1. The second kappa shape index (κ2) is 5.23. The third-order valence-electron chi connectivity index (χ3n) is 3.27. The summed E-state index contributed by atoms with van der Waals surface area (Å²) >= 11 is 0. The van der Waals surface area contributed by atoms with Gasteiger partial charge in [0.2, 0.25) is 0 Å². The summed E-state index contributed by atoms with van der Waals surface area (Å²) in [5.41, 5.74) is 11.7. The summed E-state index contributed by atoms with van der Waals surface area (Å²) in [4.78, 5) is 4.16. The number of rotatable bonds is 2. The maximum Gasteiger partial charge on any atom is 0.149 e. The van der Waals surface area contributed by atoms with Crippen LogP contribution in [0.2, 0.25) is 0 Å². The van der Waals surface area contributed by atoms with Gasteiger partial charge in [-0.15, -0.1) is 0 Å². The minimum atomic E-state index is -0.307. The molecule has 1 aliphatic rings. The number of nitrogens with two attached hydrogens (primary N) is 2. The Morgan fingerprint density at radius 3 is 2.71 bits per heavy atom. The number of nitrogen functional groups attached to an aromatic ring is 2. The SMILES string of the molecule is Nc1ccc(NC2CCCCCC2O)nc1N. The van der Waals surface area contributed by atoms with E-state index in [1.165, 1.54) is 6.42 Å². The summed E-state index contributed by atoms with van der Waals surface area (Å²) in [5.74, 6) is 1.01. The summed E-state index contributed by atoms with van der Waals surface area (Å²) in [6.45, 7) is 0. The fourth-order valence-electron chi connectivity index (χ4n) is 2.21. The van der Waals surface area contributed by atoms with Crippen LogP contribution in [0.3, 0.4) is 0 Å². The van der Waals surface area contributed by atoms with Gasteiger partial charge in [0.1, 0.15) is 11.6 Å². The van der Waals surface area contributed by atoms with Crippen molar-refractivity contribution in [3.8, 4) is 0 Å². The summed E-state index contributed by atoms with van der Waals surface area (Å²) in [5, 5.41) is 13.2. The Labute approximate surface area is 101 Å². The lowest BCUT2D eigenvalue weighted by Gasteiger charge is -2.22. The fraction of sp³-hybridized carbons (Fsp3) is 0.583. The van der Waals surface area contributed by atoms with Gasteiger partial charge in [0, 0.05) is 0 Å². The number of aliphatic hydroxyl groups excluding tert-OH is 1. The Hall–Kier alpha value is -1.49. The number of aliphatic hydroxyl groups is 1. The molecule has 0 bridgehead atoms. The smallest absolute Gasteiger partial charge is 0.149 e. The number of pyridine rings is 1. The van der Waals surface area contributed by atoms with Crippen LogP contribution >= 0.6 is 0 Å². The molecule has 0 saturated heterocycles. The van der Waals surface area contributed by atoms with Crippen molar-refractivity contribution in [3.05, 3.63) is 12.1 Å². The van der Waals surface area contributed by atoms with Crippen molar-refractivity contribution in [2.75, 3.05) is 16.8 Å². The van der Waals surface area contributed by atoms with E-state index in [2.05, 4.69) is 10.3 Å². The monoisotopic (exact) mass is 236 g/mol. The number of nitrogens with one attached hydrogen (secondary N) is 1. The first kappa shape index (κ1) is 12.0. The van der Waals surface area contributed by atoms with Crippen LogP contribution in [0.4, 0.5) is 17.3 Å². The highest BCUT2D eigenvalue weighted by atomic mass is 16.3. The first-order valence-electron chi connectivity index (χ1n) is 6.13. The van der Waals surface area contributed by atoms with Crippen LogP contribution in [0.15, 0.2) is 12.1 Å². The van der Waals surface area contributed by atoms with Crippen molar-refractivity contribution in [2.45, 2.75) is 44.2 Å². The minimum Gasteiger partial charge on any atom is -0.396 e. The van der Waals surface area contributed by atoms with Crippen LogP contribution in [0.1, 0.15) is 32.1 Å². The fourth-order valence-corrected chi connectivity index (χ4v) is 2.21. The van der Waals surface area contributed by atoms with Crippen LogP contribution < -0.4 is 16.8 Å². The summed E-state index contributed by atoms with van der Waals surface area (Å²) in [7, 11) is 0. The molecular formula is C12H20N4O. The van der Waals surface area contributed by atoms with Gasteiger partial charge < -0.3 is 21.9 Å². The number of hydrogen-bond donors (Lipinski definition) is 4. The molecule has 2 unspecified atom stereocenters. The molecular weight excluding hydrogens is 216 g/mol. The zero-order valence-electron chi connectivity index (χ0n) is 9.89. The third-order valence-corrected chi connectivity index (χ3v) is 3.27. The number of hydrogen-bond acceptors (Lipinski definition) is 5. The first-order chi connectivity index (χ1) is 8.16. The van der Waals surface area contributed by atoms with Crippen molar-refractivity contribution in [2.24, 2.45) is 0 Å². The quantitative estimate of drug-likeness (QED) is 0.581. The molecule has 0 aliphatic heterocycles. The molecule has 0 aromatic carbocycles. The zero-order valence-corrected chi connectivity index (χ0v) is 9.89. The molecule has 5 heteroatoms. The summed E-state index contributed by atoms with van der Waals surface area (Å²) in [6.07, 6.45) is 4.93. The van der Waals surface area contributed by atoms with E-state index in [0.717, 1.165) is 25.7 Å². The molecule has 1 saturated carbocycles. The number of anilines is 3. The Bertz CT molecular complexity index is 383. The van der Waals surface area contributed by atoms with Crippen molar-refractivity contribution in [1.82, 2.24) is 4.98 Å². The molecule has 5 nitrogen and oxygen atoms in total. The molecule has 1 aromatic heterocycles. The van der Waals surface area contributed by atoms with Gasteiger partial charge in [-0.1, -0.05) is 19.3 Å². The van der Waals surface area contributed by atoms with Gasteiger partial charge in [-0.2, -0.15) is 0 Å². The Balaban J connectivity index is 2.05. The largest absolute Gasteiger partial charge is 0.396 e. The van der Waals surface area contributed by atoms with Crippen LogP contribution in [0, 0.1) is 0 Å². The molecule has 1 heterocycles. The maximum absolute atomic E-state index is 9.99. The molecule has 0 amide bonds. The highest BCUT2D eigenvalue weighted by Gasteiger charge is 2.21. The number of nitrogens with zero attached hydrogens (tertiary/aromatic N) is 1. The predicted molar refractivity (Wildman–Crippen MR) is 69.6 cm³/mol. The lowest BCUT2D eigenvalue weighted by Crippen LogP contribution is -2.32. The maximum atomic E-state index is 9.99. The van der Waals surface area contributed by atoms with Crippen LogP contribution in [0.5, 0.6) is 0 Å². The molecule has 1 fully saturated rings. The van der Waals surface area contributed by atoms with Crippen LogP contribution in [-0.2, 0) is 0 Å². The molecule has 1 aliphatic carbocycles. The Kier molecular flexibility index (Phi) is 3.68. The summed E-state index contributed by atoms with van der Waals surface area (Å²) in [6, 6.07) is 3.59. The van der Waals surface area contributed by atoms with Crippen molar-refractivity contribution in [3.63, 3.8) is 0 Å².